The van der Waals surface area contributed by atoms with Crippen LogP contribution in [0.15, 0.2) is 30.3 Å². The van der Waals surface area contributed by atoms with Crippen molar-refractivity contribution in [3.8, 4) is 17.7 Å². The number of aromatic nitrogens is 2. The number of aryl methyl sites for hydroxylation is 1. The minimum atomic E-state index is 0.400. The zero-order valence-corrected chi connectivity index (χ0v) is 11.6. The van der Waals surface area contributed by atoms with Gasteiger partial charge < -0.3 is 10.1 Å². The summed E-state index contributed by atoms with van der Waals surface area (Å²) in [6.45, 7) is 4.64. The van der Waals surface area contributed by atoms with Crippen molar-refractivity contribution in [3.63, 3.8) is 0 Å². The normalized spacial score (nSPS) is 9.85. The fourth-order valence-corrected chi connectivity index (χ4v) is 1.72. The van der Waals surface area contributed by atoms with Crippen molar-refractivity contribution in [1.82, 2.24) is 9.97 Å². The molecule has 0 spiro atoms. The summed E-state index contributed by atoms with van der Waals surface area (Å²) in [6.07, 6.45) is 0.400. The van der Waals surface area contributed by atoms with Gasteiger partial charge in [0.1, 0.15) is 5.75 Å². The first kappa shape index (κ1) is 13.8. The lowest BCUT2D eigenvalue weighted by molar-refractivity contribution is 0.461. The van der Waals surface area contributed by atoms with Crippen LogP contribution in [-0.2, 0) is 6.42 Å². The zero-order chi connectivity index (χ0) is 14.4. The molecule has 1 heterocycles. The van der Waals surface area contributed by atoms with E-state index in [1.165, 1.54) is 0 Å². The van der Waals surface area contributed by atoms with Crippen LogP contribution in [0.2, 0.25) is 0 Å². The SMILES string of the molecule is CCNc1nc(C)cc(Oc2ccc(CC#N)cc2)n1. The fraction of sp³-hybridized carbons (Fsp3) is 0.267. The number of anilines is 1. The predicted molar refractivity (Wildman–Crippen MR) is 76.8 cm³/mol. The number of nitrogens with one attached hydrogen (secondary N) is 1. The largest absolute Gasteiger partial charge is 0.439 e. The minimum absolute atomic E-state index is 0.400. The Hall–Kier alpha value is -2.61. The maximum absolute atomic E-state index is 8.63. The Morgan fingerprint density at radius 3 is 2.65 bits per heavy atom. The maximum atomic E-state index is 8.63. The van der Waals surface area contributed by atoms with Crippen molar-refractivity contribution < 1.29 is 4.74 Å². The molecule has 5 heteroatoms. The lowest BCUT2D eigenvalue weighted by Crippen LogP contribution is -2.03. The van der Waals surface area contributed by atoms with Crippen molar-refractivity contribution >= 4 is 5.95 Å². The van der Waals surface area contributed by atoms with Gasteiger partial charge in [0.25, 0.3) is 0 Å². The van der Waals surface area contributed by atoms with E-state index in [4.69, 9.17) is 10.00 Å². The molecule has 0 unspecified atom stereocenters. The Morgan fingerprint density at radius 1 is 1.25 bits per heavy atom. The predicted octanol–water partition coefficient (Wildman–Crippen LogP) is 3.08. The lowest BCUT2D eigenvalue weighted by Gasteiger charge is -2.08. The van der Waals surface area contributed by atoms with Gasteiger partial charge in [-0.1, -0.05) is 12.1 Å². The number of benzene rings is 1. The molecule has 0 saturated carbocycles. The molecular weight excluding hydrogens is 252 g/mol. The Bertz CT molecular complexity index is 617. The van der Waals surface area contributed by atoms with E-state index in [0.717, 1.165) is 17.8 Å². The van der Waals surface area contributed by atoms with E-state index < -0.39 is 0 Å². The highest BCUT2D eigenvalue weighted by Crippen LogP contribution is 2.21. The van der Waals surface area contributed by atoms with Crippen molar-refractivity contribution in [1.29, 1.82) is 5.26 Å². The quantitative estimate of drug-likeness (QED) is 0.902. The van der Waals surface area contributed by atoms with E-state index in [2.05, 4.69) is 21.4 Å². The smallest absolute Gasteiger partial charge is 0.226 e. The molecule has 2 rings (SSSR count). The fourth-order valence-electron chi connectivity index (χ4n) is 1.72. The molecule has 0 atom stereocenters. The summed E-state index contributed by atoms with van der Waals surface area (Å²) in [6, 6.07) is 11.3. The minimum Gasteiger partial charge on any atom is -0.439 e. The number of hydrogen-bond acceptors (Lipinski definition) is 5. The van der Waals surface area contributed by atoms with Gasteiger partial charge in [-0.2, -0.15) is 10.2 Å². The molecule has 102 valence electrons. The highest BCUT2D eigenvalue weighted by molar-refractivity contribution is 5.35. The van der Waals surface area contributed by atoms with Crippen molar-refractivity contribution in [3.05, 3.63) is 41.6 Å². The van der Waals surface area contributed by atoms with Crippen LogP contribution in [0.1, 0.15) is 18.2 Å². The molecule has 0 fully saturated rings. The Morgan fingerprint density at radius 2 is 2.00 bits per heavy atom. The second-order valence-corrected chi connectivity index (χ2v) is 4.28. The van der Waals surface area contributed by atoms with Gasteiger partial charge in [-0.3, -0.25) is 0 Å². The van der Waals surface area contributed by atoms with Gasteiger partial charge in [-0.25, -0.2) is 4.98 Å². The lowest BCUT2D eigenvalue weighted by atomic mass is 10.2. The molecule has 20 heavy (non-hydrogen) atoms. The van der Waals surface area contributed by atoms with Gasteiger partial charge in [-0.15, -0.1) is 0 Å². The number of nitrogens with zero attached hydrogens (tertiary/aromatic N) is 3. The van der Waals surface area contributed by atoms with Crippen LogP contribution in [0, 0.1) is 18.3 Å². The average Bonchev–Trinajstić information content (AvgIpc) is 2.41. The average molecular weight is 268 g/mol. The van der Waals surface area contributed by atoms with Crippen LogP contribution in [0.5, 0.6) is 11.6 Å². The molecule has 0 amide bonds. The first-order valence-corrected chi connectivity index (χ1v) is 6.44. The third kappa shape index (κ3) is 3.69. The third-order valence-electron chi connectivity index (χ3n) is 2.59. The van der Waals surface area contributed by atoms with E-state index in [1.54, 1.807) is 6.07 Å². The molecule has 0 radical (unpaired) electrons. The van der Waals surface area contributed by atoms with Crippen LogP contribution in [0.4, 0.5) is 5.95 Å². The van der Waals surface area contributed by atoms with E-state index in [0.29, 0.717) is 24.0 Å². The van der Waals surface area contributed by atoms with Gasteiger partial charge >= 0.3 is 0 Å². The molecule has 0 saturated heterocycles. The number of nitriles is 1. The summed E-state index contributed by atoms with van der Waals surface area (Å²) in [4.78, 5) is 8.55. The van der Waals surface area contributed by atoms with Gasteiger partial charge in [0.05, 0.1) is 12.5 Å². The van der Waals surface area contributed by atoms with E-state index >= 15 is 0 Å². The summed E-state index contributed by atoms with van der Waals surface area (Å²) in [7, 11) is 0. The maximum Gasteiger partial charge on any atom is 0.226 e. The summed E-state index contributed by atoms with van der Waals surface area (Å²) >= 11 is 0. The van der Waals surface area contributed by atoms with Gasteiger partial charge in [0.15, 0.2) is 0 Å². The molecule has 5 nitrogen and oxygen atoms in total. The number of rotatable bonds is 5. The van der Waals surface area contributed by atoms with Crippen LogP contribution in [0.3, 0.4) is 0 Å². The molecule has 0 bridgehead atoms. The van der Waals surface area contributed by atoms with E-state index in [1.807, 2.05) is 38.1 Å². The monoisotopic (exact) mass is 268 g/mol. The summed E-state index contributed by atoms with van der Waals surface area (Å²) < 4.78 is 5.71. The van der Waals surface area contributed by atoms with Crippen LogP contribution < -0.4 is 10.1 Å². The molecule has 0 aliphatic heterocycles. The number of hydrogen-bond donors (Lipinski definition) is 1. The Labute approximate surface area is 118 Å². The molecule has 0 aliphatic rings. The highest BCUT2D eigenvalue weighted by Gasteiger charge is 2.04. The van der Waals surface area contributed by atoms with Crippen molar-refractivity contribution in [2.24, 2.45) is 0 Å². The van der Waals surface area contributed by atoms with E-state index in [9.17, 15) is 0 Å². The first-order chi connectivity index (χ1) is 9.71. The van der Waals surface area contributed by atoms with Crippen molar-refractivity contribution in [2.75, 3.05) is 11.9 Å². The molecule has 1 aromatic heterocycles. The highest BCUT2D eigenvalue weighted by atomic mass is 16.5. The Balaban J connectivity index is 2.14. The molecule has 1 aromatic carbocycles. The summed E-state index contributed by atoms with van der Waals surface area (Å²) in [5.74, 6) is 1.75. The summed E-state index contributed by atoms with van der Waals surface area (Å²) in [5, 5.41) is 11.7. The first-order valence-electron chi connectivity index (χ1n) is 6.44. The summed E-state index contributed by atoms with van der Waals surface area (Å²) in [5.41, 5.74) is 1.80. The molecule has 2 aromatic rings. The second-order valence-electron chi connectivity index (χ2n) is 4.28. The zero-order valence-electron chi connectivity index (χ0n) is 11.6. The topological polar surface area (TPSA) is 70.8 Å². The standard InChI is InChI=1S/C15H16N4O/c1-3-17-15-18-11(2)10-14(19-15)20-13-6-4-12(5-7-13)8-9-16/h4-7,10H,3,8H2,1-2H3,(H,17,18,19). The molecule has 1 N–H and O–H groups in total. The van der Waals surface area contributed by atoms with Crippen LogP contribution in [0.25, 0.3) is 0 Å². The van der Waals surface area contributed by atoms with Gasteiger partial charge in [0.2, 0.25) is 11.8 Å². The van der Waals surface area contributed by atoms with Gasteiger partial charge in [0, 0.05) is 18.3 Å². The van der Waals surface area contributed by atoms with Crippen molar-refractivity contribution in [2.45, 2.75) is 20.3 Å². The van der Waals surface area contributed by atoms with E-state index in [-0.39, 0.29) is 0 Å². The van der Waals surface area contributed by atoms with Crippen LogP contribution >= 0.6 is 0 Å². The Kier molecular flexibility index (Phi) is 4.51. The number of ether oxygens (including phenoxy) is 1. The molecular formula is C15H16N4O. The second kappa shape index (κ2) is 6.53. The molecule has 0 aliphatic carbocycles. The third-order valence-corrected chi connectivity index (χ3v) is 2.59. The van der Waals surface area contributed by atoms with Crippen LogP contribution in [-0.4, -0.2) is 16.5 Å². The van der Waals surface area contributed by atoms with Gasteiger partial charge in [-0.05, 0) is 31.5 Å².